The van der Waals surface area contributed by atoms with Crippen LogP contribution in [0, 0.1) is 13.8 Å². The molecule has 10 heteroatoms. The van der Waals surface area contributed by atoms with Gasteiger partial charge in [0.25, 0.3) is 5.91 Å². The van der Waals surface area contributed by atoms with Gasteiger partial charge in [-0.25, -0.2) is 8.42 Å². The topological polar surface area (TPSA) is 128 Å². The van der Waals surface area contributed by atoms with Crippen LogP contribution in [0.4, 0.5) is 0 Å². The minimum Gasteiger partial charge on any atom is -0.455 e. The first-order valence-corrected chi connectivity index (χ1v) is 10.6. The molecule has 0 aliphatic carbocycles. The summed E-state index contributed by atoms with van der Waals surface area (Å²) in [5.41, 5.74) is 2.30. The van der Waals surface area contributed by atoms with E-state index in [9.17, 15) is 18.0 Å². The lowest BCUT2D eigenvalue weighted by molar-refractivity contribution is -0.147. The molecule has 2 aromatic rings. The molecular formula is C19H25N3O6S. The maximum atomic E-state index is 12.2. The van der Waals surface area contributed by atoms with E-state index < -0.39 is 35.1 Å². The molecule has 0 saturated heterocycles. The number of amides is 1. The zero-order valence-corrected chi connectivity index (χ0v) is 17.6. The van der Waals surface area contributed by atoms with E-state index in [1.165, 1.54) is 19.4 Å². The first-order valence-electron chi connectivity index (χ1n) is 9.10. The lowest BCUT2D eigenvalue weighted by atomic mass is 10.1. The van der Waals surface area contributed by atoms with E-state index in [4.69, 9.17) is 9.26 Å². The van der Waals surface area contributed by atoms with Gasteiger partial charge < -0.3 is 14.6 Å². The van der Waals surface area contributed by atoms with Gasteiger partial charge in [0, 0.05) is 0 Å². The number of aryl methyl sites for hydroxylation is 3. The van der Waals surface area contributed by atoms with E-state index in [0.717, 1.165) is 12.0 Å². The number of rotatable bonds is 9. The fourth-order valence-corrected chi connectivity index (χ4v) is 3.98. The summed E-state index contributed by atoms with van der Waals surface area (Å²) in [5.74, 6) is -1.25. The highest BCUT2D eigenvalue weighted by atomic mass is 32.2. The fourth-order valence-electron chi connectivity index (χ4n) is 2.69. The van der Waals surface area contributed by atoms with Crippen molar-refractivity contribution in [2.24, 2.45) is 0 Å². The number of ether oxygens (including phenoxy) is 1. The Labute approximate surface area is 169 Å². The number of nitrogens with one attached hydrogen (secondary N) is 2. The number of hydrogen-bond donors (Lipinski definition) is 2. The minimum absolute atomic E-state index is 0.115. The van der Waals surface area contributed by atoms with E-state index in [-0.39, 0.29) is 22.4 Å². The molecule has 1 atom stereocenters. The van der Waals surface area contributed by atoms with Crippen LogP contribution in [0.5, 0.6) is 0 Å². The van der Waals surface area contributed by atoms with Crippen molar-refractivity contribution in [3.63, 3.8) is 0 Å². The lowest BCUT2D eigenvalue weighted by Crippen LogP contribution is -2.35. The molecule has 9 nitrogen and oxygen atoms in total. The molecule has 2 N–H and O–H groups in total. The molecule has 0 aliphatic heterocycles. The zero-order chi connectivity index (χ0) is 21.6. The van der Waals surface area contributed by atoms with Crippen molar-refractivity contribution in [1.82, 2.24) is 15.2 Å². The van der Waals surface area contributed by atoms with E-state index in [1.54, 1.807) is 0 Å². The molecule has 158 valence electrons. The normalized spacial score (nSPS) is 12.4. The number of aromatic nitrogens is 1. The summed E-state index contributed by atoms with van der Waals surface area (Å²) in [5, 5.41) is 6.29. The minimum atomic E-state index is -3.98. The third-order valence-electron chi connectivity index (χ3n) is 4.27. The van der Waals surface area contributed by atoms with Crippen LogP contribution in [-0.2, 0) is 30.8 Å². The Hall–Kier alpha value is -2.72. The first-order chi connectivity index (χ1) is 13.6. The number of nitrogens with zero attached hydrogens (tertiary/aromatic N) is 1. The predicted octanol–water partition coefficient (Wildman–Crippen LogP) is 1.55. The molecule has 1 amide bonds. The Bertz CT molecular complexity index is 947. The van der Waals surface area contributed by atoms with Crippen LogP contribution >= 0.6 is 0 Å². The van der Waals surface area contributed by atoms with Crippen LogP contribution in [0.15, 0.2) is 33.7 Å². The molecular weight excluding hydrogens is 398 g/mol. The van der Waals surface area contributed by atoms with Crippen LogP contribution in [0.25, 0.3) is 0 Å². The zero-order valence-electron chi connectivity index (χ0n) is 16.8. The van der Waals surface area contributed by atoms with Crippen molar-refractivity contribution in [3.8, 4) is 0 Å². The fraction of sp³-hybridized carbons (Fsp3) is 0.421. The molecule has 0 bridgehead atoms. The second-order valence-corrected chi connectivity index (χ2v) is 8.23. The van der Waals surface area contributed by atoms with E-state index >= 15 is 0 Å². The van der Waals surface area contributed by atoms with Crippen LogP contribution in [0.1, 0.15) is 42.5 Å². The Kier molecular flexibility index (Phi) is 7.52. The summed E-state index contributed by atoms with van der Waals surface area (Å²) in [7, 11) is -3.98. The maximum absolute atomic E-state index is 12.2. The third-order valence-corrected chi connectivity index (χ3v) is 5.92. The molecule has 0 spiro atoms. The summed E-state index contributed by atoms with van der Waals surface area (Å²) in [6.07, 6.45) is 0.928. The second kappa shape index (κ2) is 9.66. The SMILES string of the molecule is CCc1ccc([C@H](C)NC(=O)COC(=O)CNS(=O)(=O)c2c(C)noc2C)cc1. The van der Waals surface area contributed by atoms with Gasteiger partial charge in [0.05, 0.1) is 6.04 Å². The van der Waals surface area contributed by atoms with Crippen molar-refractivity contribution >= 4 is 21.9 Å². The molecule has 0 aliphatic rings. The molecule has 1 heterocycles. The van der Waals surface area contributed by atoms with Crippen LogP contribution in [-0.4, -0.2) is 38.6 Å². The van der Waals surface area contributed by atoms with Crippen molar-refractivity contribution < 1.29 is 27.3 Å². The largest absolute Gasteiger partial charge is 0.455 e. The Morgan fingerprint density at radius 3 is 2.41 bits per heavy atom. The van der Waals surface area contributed by atoms with Gasteiger partial charge in [-0.2, -0.15) is 4.72 Å². The van der Waals surface area contributed by atoms with Gasteiger partial charge in [-0.1, -0.05) is 36.3 Å². The van der Waals surface area contributed by atoms with Gasteiger partial charge in [0.2, 0.25) is 10.0 Å². The molecule has 1 aromatic carbocycles. The number of esters is 1. The van der Waals surface area contributed by atoms with Crippen molar-refractivity contribution in [2.45, 2.75) is 45.1 Å². The number of hydrogen-bond acceptors (Lipinski definition) is 7. The molecule has 0 saturated carbocycles. The highest BCUT2D eigenvalue weighted by Gasteiger charge is 2.25. The van der Waals surface area contributed by atoms with Gasteiger partial charge in [-0.3, -0.25) is 9.59 Å². The molecule has 29 heavy (non-hydrogen) atoms. The van der Waals surface area contributed by atoms with Crippen molar-refractivity contribution in [1.29, 1.82) is 0 Å². The van der Waals surface area contributed by atoms with Gasteiger partial charge in [0.1, 0.15) is 17.1 Å². The van der Waals surface area contributed by atoms with Crippen LogP contribution in [0.3, 0.4) is 0 Å². The summed E-state index contributed by atoms with van der Waals surface area (Å²) in [6.45, 7) is 5.68. The summed E-state index contributed by atoms with van der Waals surface area (Å²) in [6, 6.07) is 7.58. The highest BCUT2D eigenvalue weighted by Crippen LogP contribution is 2.18. The summed E-state index contributed by atoms with van der Waals surface area (Å²) < 4.78 is 36.2. The van der Waals surface area contributed by atoms with Crippen molar-refractivity contribution in [3.05, 3.63) is 46.8 Å². The van der Waals surface area contributed by atoms with Gasteiger partial charge >= 0.3 is 5.97 Å². The van der Waals surface area contributed by atoms with Crippen molar-refractivity contribution in [2.75, 3.05) is 13.2 Å². The van der Waals surface area contributed by atoms with Gasteiger partial charge in [-0.05, 0) is 38.3 Å². The summed E-state index contributed by atoms with van der Waals surface area (Å²) in [4.78, 5) is 23.7. The molecule has 0 fully saturated rings. The van der Waals surface area contributed by atoms with E-state index in [0.29, 0.717) is 0 Å². The number of carbonyl (C=O) groups is 2. The first kappa shape index (κ1) is 22.6. The Morgan fingerprint density at radius 1 is 1.21 bits per heavy atom. The van der Waals surface area contributed by atoms with Crippen LogP contribution in [0.2, 0.25) is 0 Å². The quantitative estimate of drug-likeness (QED) is 0.586. The Balaban J connectivity index is 1.80. The second-order valence-electron chi connectivity index (χ2n) is 6.52. The Morgan fingerprint density at radius 2 is 1.86 bits per heavy atom. The molecule has 2 rings (SSSR count). The van der Waals surface area contributed by atoms with E-state index in [2.05, 4.69) is 22.1 Å². The van der Waals surface area contributed by atoms with Crippen LogP contribution < -0.4 is 10.0 Å². The summed E-state index contributed by atoms with van der Waals surface area (Å²) >= 11 is 0. The predicted molar refractivity (Wildman–Crippen MR) is 105 cm³/mol. The average Bonchev–Trinajstić information content (AvgIpc) is 3.03. The number of sulfonamides is 1. The highest BCUT2D eigenvalue weighted by molar-refractivity contribution is 7.89. The lowest BCUT2D eigenvalue weighted by Gasteiger charge is -2.15. The monoisotopic (exact) mass is 423 g/mol. The molecule has 0 unspecified atom stereocenters. The number of carbonyl (C=O) groups excluding carboxylic acids is 2. The van der Waals surface area contributed by atoms with Gasteiger partial charge in [-0.15, -0.1) is 0 Å². The maximum Gasteiger partial charge on any atom is 0.321 e. The standard InChI is InChI=1S/C19H25N3O6S/c1-5-15-6-8-16(9-7-15)12(2)21-17(23)11-27-18(24)10-20-29(25,26)19-13(3)22-28-14(19)4/h6-9,12,20H,5,10-11H2,1-4H3,(H,21,23)/t12-/m0/s1. The van der Waals surface area contributed by atoms with E-state index in [1.807, 2.05) is 31.2 Å². The number of benzene rings is 1. The molecule has 1 aromatic heterocycles. The third kappa shape index (κ3) is 6.13. The molecule has 0 radical (unpaired) electrons. The average molecular weight is 423 g/mol. The smallest absolute Gasteiger partial charge is 0.321 e. The van der Waals surface area contributed by atoms with Gasteiger partial charge in [0.15, 0.2) is 12.4 Å².